The van der Waals surface area contributed by atoms with Crippen molar-refractivity contribution in [1.82, 2.24) is 4.90 Å². The van der Waals surface area contributed by atoms with Gasteiger partial charge in [0, 0.05) is 34.5 Å². The number of likely N-dealkylation sites (tertiary alicyclic amines) is 1. The average Bonchev–Trinajstić information content (AvgIpc) is 2.84. The number of ketones is 1. The summed E-state index contributed by atoms with van der Waals surface area (Å²) in [5.41, 5.74) is 2.75. The molecule has 1 aromatic heterocycles. The van der Waals surface area contributed by atoms with Crippen LogP contribution in [0.4, 0.5) is 0 Å². The molecular weight excluding hydrogens is 442 g/mol. The second kappa shape index (κ2) is 9.20. The highest BCUT2D eigenvalue weighted by Gasteiger charge is 2.27. The minimum Gasteiger partial charge on any atom is -0.486 e. The fourth-order valence-corrected chi connectivity index (χ4v) is 5.01. The van der Waals surface area contributed by atoms with Crippen molar-refractivity contribution in [2.24, 2.45) is 5.92 Å². The maximum Gasteiger partial charge on any atom is 0.336 e. The Morgan fingerprint density at radius 1 is 1.03 bits per heavy atom. The minimum absolute atomic E-state index is 0.0250. The van der Waals surface area contributed by atoms with Gasteiger partial charge in [0.1, 0.15) is 18.8 Å². The summed E-state index contributed by atoms with van der Waals surface area (Å²) in [6.07, 6.45) is 2.31. The summed E-state index contributed by atoms with van der Waals surface area (Å²) in [6.45, 7) is 5.23. The van der Waals surface area contributed by atoms with Gasteiger partial charge < -0.3 is 13.9 Å². The molecule has 1 saturated heterocycles. The Hall–Kier alpha value is -2.83. The Balaban J connectivity index is 1.28. The third kappa shape index (κ3) is 4.50. The molecule has 2 aromatic carbocycles. The predicted molar refractivity (Wildman–Crippen MR) is 127 cm³/mol. The normalized spacial score (nSPS) is 16.8. The number of aryl methyl sites for hydroxylation is 1. The Kier molecular flexibility index (Phi) is 6.13. The molecule has 0 spiro atoms. The molecule has 3 aromatic rings. The summed E-state index contributed by atoms with van der Waals surface area (Å²) in [7, 11) is 0. The van der Waals surface area contributed by atoms with E-state index < -0.39 is 0 Å². The van der Waals surface area contributed by atoms with Gasteiger partial charge in [-0.3, -0.25) is 9.69 Å². The summed E-state index contributed by atoms with van der Waals surface area (Å²) in [5.74, 6) is 1.46. The zero-order valence-corrected chi connectivity index (χ0v) is 19.3. The number of piperidine rings is 1. The number of rotatable bonds is 5. The quantitative estimate of drug-likeness (QED) is 0.393. The zero-order chi connectivity index (χ0) is 22.9. The molecule has 0 unspecified atom stereocenters. The summed E-state index contributed by atoms with van der Waals surface area (Å²) >= 11 is 6.43. The molecule has 3 heterocycles. The first-order chi connectivity index (χ1) is 16.0. The van der Waals surface area contributed by atoms with Crippen molar-refractivity contribution < 1.29 is 18.7 Å². The smallest absolute Gasteiger partial charge is 0.336 e. The van der Waals surface area contributed by atoms with Gasteiger partial charge in [0.25, 0.3) is 0 Å². The Morgan fingerprint density at radius 3 is 2.55 bits per heavy atom. The molecule has 0 amide bonds. The van der Waals surface area contributed by atoms with Crippen molar-refractivity contribution in [2.75, 3.05) is 26.3 Å². The molecule has 172 valence electrons. The standard InChI is InChI=1S/C26H26ClNO5/c1-2-16-11-23-20(14-21(16)27)19(13-25(29)33-23)15-28-7-5-17(6-8-28)26(30)18-3-4-22-24(12-18)32-10-9-31-22/h3-4,11-14,17H,2,5-10,15H2,1H3. The van der Waals surface area contributed by atoms with E-state index in [-0.39, 0.29) is 17.3 Å². The third-order valence-corrected chi connectivity index (χ3v) is 6.91. The Labute approximate surface area is 197 Å². The number of carbonyl (C=O) groups is 1. The van der Waals surface area contributed by atoms with Gasteiger partial charge in [-0.15, -0.1) is 0 Å². The molecular formula is C26H26ClNO5. The van der Waals surface area contributed by atoms with Gasteiger partial charge in [-0.05, 0) is 73.8 Å². The zero-order valence-electron chi connectivity index (χ0n) is 18.6. The van der Waals surface area contributed by atoms with Crippen LogP contribution in [0.25, 0.3) is 11.0 Å². The van der Waals surface area contributed by atoms with Gasteiger partial charge in [-0.2, -0.15) is 0 Å². The minimum atomic E-state index is -0.356. The summed E-state index contributed by atoms with van der Waals surface area (Å²) in [5, 5.41) is 1.55. The number of nitrogens with zero attached hydrogens (tertiary/aromatic N) is 1. The first kappa shape index (κ1) is 22.0. The number of benzene rings is 2. The summed E-state index contributed by atoms with van der Waals surface area (Å²) in [4.78, 5) is 27.5. The molecule has 5 rings (SSSR count). The number of hydrogen-bond donors (Lipinski definition) is 0. The molecule has 0 saturated carbocycles. The van der Waals surface area contributed by atoms with E-state index in [0.29, 0.717) is 47.4 Å². The van der Waals surface area contributed by atoms with Crippen LogP contribution in [0, 0.1) is 5.92 Å². The van der Waals surface area contributed by atoms with E-state index in [1.165, 1.54) is 0 Å². The number of halogens is 1. The lowest BCUT2D eigenvalue weighted by molar-refractivity contribution is 0.0834. The SMILES string of the molecule is CCc1cc2oc(=O)cc(CN3CCC(C(=O)c4ccc5c(c4)OCCO5)CC3)c2cc1Cl. The van der Waals surface area contributed by atoms with Crippen LogP contribution in [0.5, 0.6) is 11.5 Å². The lowest BCUT2D eigenvalue weighted by atomic mass is 9.88. The van der Waals surface area contributed by atoms with Crippen LogP contribution in [0.1, 0.15) is 41.3 Å². The van der Waals surface area contributed by atoms with Crippen molar-refractivity contribution in [2.45, 2.75) is 32.7 Å². The molecule has 2 aliphatic rings. The van der Waals surface area contributed by atoms with Crippen LogP contribution in [0.3, 0.4) is 0 Å². The van der Waals surface area contributed by atoms with E-state index in [9.17, 15) is 9.59 Å². The van der Waals surface area contributed by atoms with Gasteiger partial charge in [-0.25, -0.2) is 4.79 Å². The number of fused-ring (bicyclic) bond motifs is 2. The highest BCUT2D eigenvalue weighted by atomic mass is 35.5. The van der Waals surface area contributed by atoms with Gasteiger partial charge in [0.15, 0.2) is 17.3 Å². The maximum absolute atomic E-state index is 13.1. The fraction of sp³-hybridized carbons (Fsp3) is 0.385. The van der Waals surface area contributed by atoms with Crippen molar-refractivity contribution in [3.05, 3.63) is 68.5 Å². The lowest BCUT2D eigenvalue weighted by Crippen LogP contribution is -2.36. The Morgan fingerprint density at radius 2 is 1.79 bits per heavy atom. The van der Waals surface area contributed by atoms with Crippen LogP contribution in [0.15, 0.2) is 45.6 Å². The van der Waals surface area contributed by atoms with Crippen molar-refractivity contribution in [3.8, 4) is 11.5 Å². The van der Waals surface area contributed by atoms with Crippen LogP contribution < -0.4 is 15.1 Å². The predicted octanol–water partition coefficient (Wildman–Crippen LogP) is 4.87. The summed E-state index contributed by atoms with van der Waals surface area (Å²) in [6, 6.07) is 10.8. The van der Waals surface area contributed by atoms with E-state index in [2.05, 4.69) is 4.90 Å². The van der Waals surface area contributed by atoms with Crippen molar-refractivity contribution >= 4 is 28.4 Å². The highest BCUT2D eigenvalue weighted by molar-refractivity contribution is 6.32. The molecule has 0 N–H and O–H groups in total. The molecule has 0 aliphatic carbocycles. The van der Waals surface area contributed by atoms with Gasteiger partial charge in [0.05, 0.1) is 0 Å². The molecule has 6 nitrogen and oxygen atoms in total. The average molecular weight is 468 g/mol. The first-order valence-electron chi connectivity index (χ1n) is 11.4. The molecule has 1 fully saturated rings. The molecule has 0 radical (unpaired) electrons. The Bertz CT molecular complexity index is 1260. The topological polar surface area (TPSA) is 69.0 Å². The monoisotopic (exact) mass is 467 g/mol. The summed E-state index contributed by atoms with van der Waals surface area (Å²) < 4.78 is 16.6. The van der Waals surface area contributed by atoms with E-state index in [1.807, 2.05) is 31.2 Å². The van der Waals surface area contributed by atoms with E-state index >= 15 is 0 Å². The van der Waals surface area contributed by atoms with E-state index in [4.69, 9.17) is 25.5 Å². The van der Waals surface area contributed by atoms with E-state index in [1.54, 1.807) is 12.1 Å². The number of ether oxygens (including phenoxy) is 2. The second-order valence-electron chi connectivity index (χ2n) is 8.66. The van der Waals surface area contributed by atoms with Gasteiger partial charge in [-0.1, -0.05) is 18.5 Å². The first-order valence-corrected chi connectivity index (χ1v) is 11.8. The van der Waals surface area contributed by atoms with Crippen LogP contribution in [0.2, 0.25) is 5.02 Å². The van der Waals surface area contributed by atoms with Crippen molar-refractivity contribution in [3.63, 3.8) is 0 Å². The molecule has 0 bridgehead atoms. The lowest BCUT2D eigenvalue weighted by Gasteiger charge is -2.31. The van der Waals surface area contributed by atoms with Crippen LogP contribution in [-0.4, -0.2) is 37.0 Å². The van der Waals surface area contributed by atoms with Crippen molar-refractivity contribution in [1.29, 1.82) is 0 Å². The molecule has 33 heavy (non-hydrogen) atoms. The number of hydrogen-bond acceptors (Lipinski definition) is 6. The maximum atomic E-state index is 13.1. The fourth-order valence-electron chi connectivity index (χ4n) is 4.72. The van der Waals surface area contributed by atoms with Crippen LogP contribution >= 0.6 is 11.6 Å². The van der Waals surface area contributed by atoms with Crippen LogP contribution in [-0.2, 0) is 13.0 Å². The third-order valence-electron chi connectivity index (χ3n) is 6.56. The van der Waals surface area contributed by atoms with E-state index in [0.717, 1.165) is 48.9 Å². The number of carbonyl (C=O) groups excluding carboxylic acids is 1. The number of Topliss-reactive ketones (excluding diaryl/α,β-unsaturated/α-hetero) is 1. The molecule has 2 aliphatic heterocycles. The van der Waals surface area contributed by atoms with Gasteiger partial charge >= 0.3 is 5.63 Å². The second-order valence-corrected chi connectivity index (χ2v) is 9.06. The molecule has 7 heteroatoms. The molecule has 0 atom stereocenters. The van der Waals surface area contributed by atoms with Gasteiger partial charge in [0.2, 0.25) is 0 Å². The largest absolute Gasteiger partial charge is 0.486 e. The highest BCUT2D eigenvalue weighted by Crippen LogP contribution is 2.33.